The summed E-state index contributed by atoms with van der Waals surface area (Å²) in [6.45, 7) is 4.51. The predicted octanol–water partition coefficient (Wildman–Crippen LogP) is 2.52. The van der Waals surface area contributed by atoms with Crippen LogP contribution in [0.15, 0.2) is 18.3 Å². The van der Waals surface area contributed by atoms with Gasteiger partial charge in [0.2, 0.25) is 0 Å². The van der Waals surface area contributed by atoms with Crippen LogP contribution in [0.5, 0.6) is 0 Å². The fourth-order valence-corrected chi connectivity index (χ4v) is 2.77. The second-order valence-corrected chi connectivity index (χ2v) is 5.10. The maximum absolute atomic E-state index is 5.32. The summed E-state index contributed by atoms with van der Waals surface area (Å²) in [6, 6.07) is 4.81. The molecule has 0 aromatic carbocycles. The van der Waals surface area contributed by atoms with Crippen LogP contribution in [0.4, 0.5) is 5.82 Å². The second-order valence-electron chi connectivity index (χ2n) is 5.10. The number of hydrazine groups is 1. The molecule has 0 amide bonds. The molecule has 100 valence electrons. The summed E-state index contributed by atoms with van der Waals surface area (Å²) in [5.74, 6) is 6.05. The summed E-state index contributed by atoms with van der Waals surface area (Å²) in [4.78, 5) is 6.88. The molecule has 18 heavy (non-hydrogen) atoms. The Morgan fingerprint density at radius 3 is 3.00 bits per heavy atom. The van der Waals surface area contributed by atoms with E-state index >= 15 is 0 Å². The third kappa shape index (κ3) is 3.43. The summed E-state index contributed by atoms with van der Waals surface area (Å²) in [6.07, 6.45) is 8.58. The van der Waals surface area contributed by atoms with E-state index in [1.165, 1.54) is 44.2 Å². The summed E-state index contributed by atoms with van der Waals surface area (Å²) in [7, 11) is 0. The fraction of sp³-hybridized carbons (Fsp3) is 0.643. The lowest BCUT2D eigenvalue weighted by molar-refractivity contribution is 0.131. The number of likely N-dealkylation sites (tertiary alicyclic amines) is 1. The Hall–Kier alpha value is -1.13. The third-order valence-electron chi connectivity index (χ3n) is 3.73. The minimum Gasteiger partial charge on any atom is -0.308 e. The van der Waals surface area contributed by atoms with Gasteiger partial charge in [0.1, 0.15) is 5.82 Å². The minimum absolute atomic E-state index is 0.725. The number of nitrogen functional groups attached to an aromatic ring is 1. The number of piperidine rings is 1. The van der Waals surface area contributed by atoms with Crippen molar-refractivity contribution in [2.45, 2.75) is 51.6 Å². The van der Waals surface area contributed by atoms with Gasteiger partial charge in [-0.2, -0.15) is 0 Å². The van der Waals surface area contributed by atoms with Crippen molar-refractivity contribution in [3.63, 3.8) is 0 Å². The molecular formula is C14H24N4. The fourth-order valence-electron chi connectivity index (χ4n) is 2.77. The number of nitrogens with two attached hydrogens (primary N) is 1. The van der Waals surface area contributed by atoms with Gasteiger partial charge >= 0.3 is 0 Å². The maximum Gasteiger partial charge on any atom is 0.139 e. The van der Waals surface area contributed by atoms with E-state index < -0.39 is 0 Å². The number of nitrogens with one attached hydrogen (secondary N) is 1. The van der Waals surface area contributed by atoms with Gasteiger partial charge in [-0.05, 0) is 37.4 Å². The lowest BCUT2D eigenvalue weighted by atomic mass is 9.98. The molecule has 4 nitrogen and oxygen atoms in total. The van der Waals surface area contributed by atoms with Gasteiger partial charge in [0.05, 0.1) is 0 Å². The first-order valence-electron chi connectivity index (χ1n) is 6.99. The van der Waals surface area contributed by atoms with E-state index in [1.807, 2.05) is 12.3 Å². The van der Waals surface area contributed by atoms with E-state index in [1.54, 1.807) is 0 Å². The zero-order valence-corrected chi connectivity index (χ0v) is 11.2. The van der Waals surface area contributed by atoms with Crippen molar-refractivity contribution < 1.29 is 0 Å². The van der Waals surface area contributed by atoms with Gasteiger partial charge in [-0.1, -0.05) is 25.8 Å². The summed E-state index contributed by atoms with van der Waals surface area (Å²) >= 11 is 0. The first kappa shape index (κ1) is 13.3. The maximum atomic E-state index is 5.32. The second kappa shape index (κ2) is 6.71. The zero-order chi connectivity index (χ0) is 12.8. The van der Waals surface area contributed by atoms with Crippen LogP contribution in [0.2, 0.25) is 0 Å². The Morgan fingerprint density at radius 1 is 1.44 bits per heavy atom. The highest BCUT2D eigenvalue weighted by Crippen LogP contribution is 2.22. The highest BCUT2D eigenvalue weighted by atomic mass is 15.2. The number of hydrogen-bond acceptors (Lipinski definition) is 4. The van der Waals surface area contributed by atoms with E-state index in [2.05, 4.69) is 28.3 Å². The van der Waals surface area contributed by atoms with Crippen molar-refractivity contribution in [3.05, 3.63) is 23.9 Å². The molecule has 4 heteroatoms. The molecule has 1 saturated heterocycles. The molecule has 1 aliphatic rings. The summed E-state index contributed by atoms with van der Waals surface area (Å²) < 4.78 is 0. The third-order valence-corrected chi connectivity index (χ3v) is 3.73. The quantitative estimate of drug-likeness (QED) is 0.621. The van der Waals surface area contributed by atoms with E-state index in [9.17, 15) is 0 Å². The molecule has 1 atom stereocenters. The van der Waals surface area contributed by atoms with Crippen molar-refractivity contribution in [1.29, 1.82) is 0 Å². The monoisotopic (exact) mass is 248 g/mol. The van der Waals surface area contributed by atoms with Crippen LogP contribution in [0, 0.1) is 0 Å². The number of hydrogen-bond donors (Lipinski definition) is 2. The normalized spacial score (nSPS) is 20.9. The smallest absolute Gasteiger partial charge is 0.139 e. The van der Waals surface area contributed by atoms with Gasteiger partial charge in [0.15, 0.2) is 0 Å². The number of nitrogens with zero attached hydrogens (tertiary/aromatic N) is 2. The predicted molar refractivity (Wildman–Crippen MR) is 75.0 cm³/mol. The van der Waals surface area contributed by atoms with E-state index in [-0.39, 0.29) is 0 Å². The highest BCUT2D eigenvalue weighted by Gasteiger charge is 2.21. The SMILES string of the molecule is CCCC1CCCCN1Cc1ccc(NN)nc1. The van der Waals surface area contributed by atoms with Crippen LogP contribution in [-0.4, -0.2) is 22.5 Å². The minimum atomic E-state index is 0.725. The van der Waals surface area contributed by atoms with Gasteiger partial charge in [0, 0.05) is 18.8 Å². The Balaban J connectivity index is 1.96. The lowest BCUT2D eigenvalue weighted by Crippen LogP contribution is -2.38. The van der Waals surface area contributed by atoms with Crippen LogP contribution in [0.25, 0.3) is 0 Å². The number of pyridine rings is 1. The topological polar surface area (TPSA) is 54.2 Å². The molecule has 1 aliphatic heterocycles. The highest BCUT2D eigenvalue weighted by molar-refractivity contribution is 5.33. The Morgan fingerprint density at radius 2 is 2.33 bits per heavy atom. The summed E-state index contributed by atoms with van der Waals surface area (Å²) in [5.41, 5.74) is 3.84. The van der Waals surface area contributed by atoms with Crippen LogP contribution in [-0.2, 0) is 6.54 Å². The van der Waals surface area contributed by atoms with E-state index in [0.29, 0.717) is 0 Å². The Labute approximate surface area is 110 Å². The lowest BCUT2D eigenvalue weighted by Gasteiger charge is -2.35. The molecule has 1 aromatic heterocycles. The first-order valence-corrected chi connectivity index (χ1v) is 6.99. The molecule has 0 bridgehead atoms. The number of rotatable bonds is 5. The van der Waals surface area contributed by atoms with Crippen molar-refractivity contribution in [2.24, 2.45) is 5.84 Å². The standard InChI is InChI=1S/C14H24N4/c1-2-5-13-6-3-4-9-18(13)11-12-7-8-14(17-15)16-10-12/h7-8,10,13H,2-6,9,11,15H2,1H3,(H,16,17). The van der Waals surface area contributed by atoms with Gasteiger partial charge in [0.25, 0.3) is 0 Å². The van der Waals surface area contributed by atoms with E-state index in [0.717, 1.165) is 18.4 Å². The van der Waals surface area contributed by atoms with Crippen LogP contribution >= 0.6 is 0 Å². The molecule has 0 spiro atoms. The van der Waals surface area contributed by atoms with Crippen LogP contribution < -0.4 is 11.3 Å². The molecular weight excluding hydrogens is 224 g/mol. The van der Waals surface area contributed by atoms with Gasteiger partial charge in [-0.3, -0.25) is 4.90 Å². The molecule has 1 unspecified atom stereocenters. The van der Waals surface area contributed by atoms with Gasteiger partial charge < -0.3 is 5.43 Å². The molecule has 0 aliphatic carbocycles. The molecule has 1 fully saturated rings. The van der Waals surface area contributed by atoms with Crippen molar-refractivity contribution in [1.82, 2.24) is 9.88 Å². The van der Waals surface area contributed by atoms with Gasteiger partial charge in [-0.15, -0.1) is 0 Å². The van der Waals surface area contributed by atoms with Crippen molar-refractivity contribution in [3.8, 4) is 0 Å². The van der Waals surface area contributed by atoms with Gasteiger partial charge in [-0.25, -0.2) is 10.8 Å². The van der Waals surface area contributed by atoms with Crippen molar-refractivity contribution >= 4 is 5.82 Å². The average molecular weight is 248 g/mol. The van der Waals surface area contributed by atoms with E-state index in [4.69, 9.17) is 5.84 Å². The van der Waals surface area contributed by atoms with Crippen LogP contribution in [0.3, 0.4) is 0 Å². The Bertz CT molecular complexity index is 347. The molecule has 1 aromatic rings. The summed E-state index contributed by atoms with van der Waals surface area (Å²) in [5, 5.41) is 0. The van der Waals surface area contributed by atoms with Crippen molar-refractivity contribution in [2.75, 3.05) is 12.0 Å². The average Bonchev–Trinajstić information content (AvgIpc) is 2.42. The van der Waals surface area contributed by atoms with Crippen LogP contribution in [0.1, 0.15) is 44.6 Å². The molecule has 2 rings (SSSR count). The molecule has 3 N–H and O–H groups in total. The number of anilines is 1. The molecule has 2 heterocycles. The Kier molecular flexibility index (Phi) is 4.96. The molecule has 0 radical (unpaired) electrons. The first-order chi connectivity index (χ1) is 8.83. The zero-order valence-electron chi connectivity index (χ0n) is 11.2. The number of aromatic nitrogens is 1. The largest absolute Gasteiger partial charge is 0.308 e. The molecule has 0 saturated carbocycles.